The van der Waals surface area contributed by atoms with Crippen LogP contribution in [0.5, 0.6) is 0 Å². The van der Waals surface area contributed by atoms with Crippen molar-refractivity contribution in [2.24, 2.45) is 7.05 Å². The van der Waals surface area contributed by atoms with E-state index in [-0.39, 0.29) is 57.9 Å². The Morgan fingerprint density at radius 2 is 1.82 bits per heavy atom. The lowest BCUT2D eigenvalue weighted by molar-refractivity contribution is -0.141. The summed E-state index contributed by atoms with van der Waals surface area (Å²) < 4.78 is 70.2. The predicted octanol–water partition coefficient (Wildman–Crippen LogP) is 3.12. The maximum Gasteiger partial charge on any atom is 0.435 e. The molecule has 0 spiro atoms. The van der Waals surface area contributed by atoms with Gasteiger partial charge in [0.15, 0.2) is 11.5 Å². The van der Waals surface area contributed by atoms with Gasteiger partial charge >= 0.3 is 12.2 Å². The summed E-state index contributed by atoms with van der Waals surface area (Å²) in [5.41, 5.74) is -1.67. The summed E-state index contributed by atoms with van der Waals surface area (Å²) in [5, 5.41) is 21.9. The van der Waals surface area contributed by atoms with Crippen molar-refractivity contribution >= 4 is 35.1 Å². The van der Waals surface area contributed by atoms with Gasteiger partial charge < -0.3 is 35.4 Å². The van der Waals surface area contributed by atoms with Crippen LogP contribution in [0.25, 0.3) is 11.3 Å². The zero-order chi connectivity index (χ0) is 35.0. The quantitative estimate of drug-likeness (QED) is 0.287. The van der Waals surface area contributed by atoms with Crippen molar-refractivity contribution in [3.8, 4) is 11.3 Å². The molecule has 2 bridgehead atoms. The number of carbonyl (C=O) groups is 3. The fourth-order valence-electron chi connectivity index (χ4n) is 6.86. The van der Waals surface area contributed by atoms with Gasteiger partial charge in [-0.1, -0.05) is 11.6 Å². The van der Waals surface area contributed by atoms with E-state index in [0.717, 1.165) is 17.0 Å². The van der Waals surface area contributed by atoms with Crippen LogP contribution >= 0.6 is 11.6 Å². The second-order valence-electron chi connectivity index (χ2n) is 12.8. The monoisotopic (exact) mass is 711 g/mol. The molecule has 4 aliphatic rings. The van der Waals surface area contributed by atoms with Crippen molar-refractivity contribution in [2.45, 2.75) is 61.6 Å². The number of amides is 4. The number of rotatable bonds is 6. The molecule has 262 valence electrons. The highest BCUT2D eigenvalue weighted by Gasteiger charge is 2.59. The Morgan fingerprint density at radius 3 is 2.41 bits per heavy atom. The van der Waals surface area contributed by atoms with E-state index in [1.807, 2.05) is 0 Å². The number of anilines is 1. The molecule has 1 aliphatic carbocycles. The zero-order valence-electron chi connectivity index (χ0n) is 25.8. The van der Waals surface area contributed by atoms with Crippen molar-refractivity contribution in [1.82, 2.24) is 39.8 Å². The standard InChI is InChI=1S/C30H31ClF5N9O4/c1-42-21(18-13-44(23-7-29(23,32)33)41-24(18)30(34,35)36)9-38-25(42)26(47)39-14-2-5-17(19(31)6-14)27(48)45-15-3-4-16(45)12-43(11-15)28(49)40-20-8-37-10-22(20)46/h2,5-6,9,13,15-16,20,22-23,37,46H,3-4,7-8,10-12H2,1H3,(H,39,47)(H,40,49)/t15-,16+,20?,22?,23?. The summed E-state index contributed by atoms with van der Waals surface area (Å²) in [5.74, 6) is -4.56. The molecule has 5 heterocycles. The smallest absolute Gasteiger partial charge is 0.390 e. The number of halogens is 6. The van der Waals surface area contributed by atoms with Gasteiger partial charge in [-0.15, -0.1) is 0 Å². The first-order chi connectivity index (χ1) is 23.1. The van der Waals surface area contributed by atoms with E-state index in [1.165, 1.54) is 25.2 Å². The normalized spacial score (nSPS) is 25.8. The SMILES string of the molecule is Cn1c(-c2cn(C3CC3(F)F)nc2C(F)(F)F)cnc1C(=O)Nc1ccc(C(=O)N2[C@@H]3CC[C@H]2CN(C(=O)NC2CNCC2O)C3)c(Cl)c1. The number of urea groups is 1. The molecule has 2 aromatic heterocycles. The molecule has 4 N–H and O–H groups in total. The lowest BCUT2D eigenvalue weighted by atomic mass is 10.1. The van der Waals surface area contributed by atoms with Gasteiger partial charge in [-0.2, -0.15) is 18.3 Å². The minimum Gasteiger partial charge on any atom is -0.390 e. The molecule has 5 atom stereocenters. The van der Waals surface area contributed by atoms with Crippen LogP contribution in [0.2, 0.25) is 5.02 Å². The van der Waals surface area contributed by atoms with Gasteiger partial charge in [0.05, 0.1) is 52.3 Å². The van der Waals surface area contributed by atoms with Gasteiger partial charge in [0.1, 0.15) is 6.04 Å². The first-order valence-corrected chi connectivity index (χ1v) is 15.9. The first kappa shape index (κ1) is 33.2. The Kier molecular flexibility index (Phi) is 8.10. The summed E-state index contributed by atoms with van der Waals surface area (Å²) >= 11 is 6.51. The summed E-state index contributed by atoms with van der Waals surface area (Å²) in [4.78, 5) is 47.0. The maximum atomic E-state index is 13.8. The average Bonchev–Trinajstić information content (AvgIpc) is 3.51. The van der Waals surface area contributed by atoms with Crippen molar-refractivity contribution in [3.63, 3.8) is 0 Å². The molecule has 1 saturated carbocycles. The number of alkyl halides is 5. The second-order valence-corrected chi connectivity index (χ2v) is 13.2. The van der Waals surface area contributed by atoms with E-state index >= 15 is 0 Å². The van der Waals surface area contributed by atoms with Crippen LogP contribution in [0, 0.1) is 0 Å². The number of aromatic nitrogens is 4. The third-order valence-corrected chi connectivity index (χ3v) is 9.84. The van der Waals surface area contributed by atoms with E-state index in [4.69, 9.17) is 11.6 Å². The Labute approximate surface area is 280 Å². The van der Waals surface area contributed by atoms with Crippen LogP contribution < -0.4 is 16.0 Å². The fourth-order valence-corrected chi connectivity index (χ4v) is 7.12. The van der Waals surface area contributed by atoms with Gasteiger partial charge in [-0.25, -0.2) is 18.6 Å². The summed E-state index contributed by atoms with van der Waals surface area (Å²) in [6.07, 6.45) is -2.95. The number of benzene rings is 1. The number of carbonyl (C=O) groups excluding carboxylic acids is 3. The molecule has 3 aromatic rings. The van der Waals surface area contributed by atoms with Crippen molar-refractivity contribution in [1.29, 1.82) is 0 Å². The Hall–Kier alpha value is -4.29. The van der Waals surface area contributed by atoms with E-state index < -0.39 is 47.8 Å². The Balaban J connectivity index is 1.03. The highest BCUT2D eigenvalue weighted by Crippen LogP contribution is 2.53. The number of hydrogen-bond acceptors (Lipinski definition) is 7. The molecule has 49 heavy (non-hydrogen) atoms. The number of nitrogens with zero attached hydrogens (tertiary/aromatic N) is 6. The first-order valence-electron chi connectivity index (χ1n) is 15.6. The molecule has 1 aromatic carbocycles. The van der Waals surface area contributed by atoms with Gasteiger partial charge in [0.25, 0.3) is 17.7 Å². The molecule has 4 amide bonds. The second kappa shape index (κ2) is 11.9. The lowest BCUT2D eigenvalue weighted by Gasteiger charge is -2.41. The number of likely N-dealkylation sites (tertiary alicyclic amines) is 1. The minimum atomic E-state index is -4.95. The zero-order valence-corrected chi connectivity index (χ0v) is 26.6. The molecular formula is C30H31ClF5N9O4. The summed E-state index contributed by atoms with van der Waals surface area (Å²) in [6, 6.07) is 1.63. The fraction of sp³-hybridized carbons (Fsp3) is 0.500. The number of aliphatic hydroxyl groups is 1. The molecular weight excluding hydrogens is 681 g/mol. The third kappa shape index (κ3) is 6.09. The number of imidazole rings is 1. The van der Waals surface area contributed by atoms with Gasteiger partial charge in [-0.3, -0.25) is 14.3 Å². The average molecular weight is 712 g/mol. The van der Waals surface area contributed by atoms with Crippen LogP contribution in [0.3, 0.4) is 0 Å². The predicted molar refractivity (Wildman–Crippen MR) is 163 cm³/mol. The molecule has 3 aliphatic heterocycles. The number of nitrogens with one attached hydrogen (secondary N) is 3. The number of piperazine rings is 1. The van der Waals surface area contributed by atoms with Gasteiger partial charge in [0, 0.05) is 51.5 Å². The van der Waals surface area contributed by atoms with Gasteiger partial charge in [0.2, 0.25) is 0 Å². The number of aliphatic hydroxyl groups excluding tert-OH is 1. The largest absolute Gasteiger partial charge is 0.435 e. The Bertz CT molecular complexity index is 1820. The van der Waals surface area contributed by atoms with Crippen LogP contribution in [0.4, 0.5) is 32.4 Å². The van der Waals surface area contributed by atoms with Crippen molar-refractivity contribution in [2.75, 3.05) is 31.5 Å². The summed E-state index contributed by atoms with van der Waals surface area (Å²) in [6.45, 7) is 1.51. The van der Waals surface area contributed by atoms with Crippen LogP contribution in [0.1, 0.15) is 52.0 Å². The lowest BCUT2D eigenvalue weighted by Crippen LogP contribution is -2.60. The topological polar surface area (TPSA) is 150 Å². The minimum absolute atomic E-state index is 0.0460. The highest BCUT2D eigenvalue weighted by molar-refractivity contribution is 6.34. The van der Waals surface area contributed by atoms with Crippen LogP contribution in [-0.4, -0.2) is 108 Å². The molecule has 0 radical (unpaired) electrons. The maximum absolute atomic E-state index is 13.8. The molecule has 4 fully saturated rings. The summed E-state index contributed by atoms with van der Waals surface area (Å²) in [7, 11) is 1.31. The van der Waals surface area contributed by atoms with Crippen LogP contribution in [0.15, 0.2) is 30.6 Å². The van der Waals surface area contributed by atoms with E-state index in [0.29, 0.717) is 43.7 Å². The third-order valence-electron chi connectivity index (χ3n) is 9.53. The van der Waals surface area contributed by atoms with E-state index in [1.54, 1.807) is 9.80 Å². The number of β-amino-alcohol motifs (C(OH)–C–C–N with tert-alkyl or cyclic N) is 1. The Morgan fingerprint density at radius 1 is 1.12 bits per heavy atom. The van der Waals surface area contributed by atoms with E-state index in [2.05, 4.69) is 26.0 Å². The molecule has 7 rings (SSSR count). The molecule has 13 nitrogen and oxygen atoms in total. The number of hydrogen-bond donors (Lipinski definition) is 4. The van der Waals surface area contributed by atoms with E-state index in [9.17, 15) is 41.4 Å². The molecule has 3 unspecified atom stereocenters. The number of fused-ring (bicyclic) bond motifs is 2. The molecule has 3 saturated heterocycles. The van der Waals surface area contributed by atoms with Crippen LogP contribution in [-0.2, 0) is 13.2 Å². The van der Waals surface area contributed by atoms with Crippen molar-refractivity contribution < 1.29 is 41.4 Å². The van der Waals surface area contributed by atoms with Crippen molar-refractivity contribution in [3.05, 3.63) is 52.7 Å². The van der Waals surface area contributed by atoms with Gasteiger partial charge in [-0.05, 0) is 31.0 Å². The highest BCUT2D eigenvalue weighted by atomic mass is 35.5. The molecule has 19 heteroatoms.